The summed E-state index contributed by atoms with van der Waals surface area (Å²) in [4.78, 5) is 39.7. The Morgan fingerprint density at radius 1 is 0.870 bits per heavy atom. The van der Waals surface area contributed by atoms with Crippen LogP contribution in [0.2, 0.25) is 0 Å². The molecule has 0 radical (unpaired) electrons. The molecule has 9 heteroatoms. The minimum Gasteiger partial charge on any atom is -0.493 e. The highest BCUT2D eigenvalue weighted by atomic mass is 16.6. The van der Waals surface area contributed by atoms with E-state index < -0.39 is 17.9 Å². The molecule has 9 nitrogen and oxygen atoms in total. The summed E-state index contributed by atoms with van der Waals surface area (Å²) in [7, 11) is 3.17. The molecule has 0 unspecified atom stereocenters. The van der Waals surface area contributed by atoms with Gasteiger partial charge >= 0.3 is 11.9 Å². The average Bonchev–Trinajstić information content (AvgIpc) is 3.04. The molecule has 240 valence electrons. The molecule has 0 spiro atoms. The first-order chi connectivity index (χ1) is 22.2. The zero-order valence-corrected chi connectivity index (χ0v) is 26.8. The Morgan fingerprint density at radius 3 is 2.26 bits per heavy atom. The van der Waals surface area contributed by atoms with Crippen LogP contribution in [-0.4, -0.2) is 45.2 Å². The fraction of sp³-hybridized carbons (Fsp3) is 0.324. The first kappa shape index (κ1) is 32.3. The summed E-state index contributed by atoms with van der Waals surface area (Å²) >= 11 is 0. The molecule has 3 aromatic carbocycles. The van der Waals surface area contributed by atoms with Crippen molar-refractivity contribution in [3.8, 4) is 23.0 Å². The molecule has 3 aromatic rings. The third-order valence-electron chi connectivity index (χ3n) is 8.25. The molecule has 2 aliphatic rings. The molecule has 1 N–H and O–H groups in total. The number of allylic oxidation sites excluding steroid dienone is 3. The molecule has 0 fully saturated rings. The first-order valence-electron chi connectivity index (χ1n) is 15.4. The van der Waals surface area contributed by atoms with E-state index in [2.05, 4.69) is 5.32 Å². The Balaban J connectivity index is 1.53. The number of dihydropyridines is 1. The van der Waals surface area contributed by atoms with Gasteiger partial charge in [-0.05, 0) is 67.1 Å². The molecule has 0 saturated carbocycles. The summed E-state index contributed by atoms with van der Waals surface area (Å²) in [6.07, 6.45) is 1.35. The Kier molecular flexibility index (Phi) is 10.1. The van der Waals surface area contributed by atoms with Crippen molar-refractivity contribution in [3.05, 3.63) is 106 Å². The molecule has 1 heterocycles. The van der Waals surface area contributed by atoms with E-state index in [0.717, 1.165) is 16.8 Å². The standard InChI is InChI=1S/C37H39NO8/c1-6-44-33-21-26(13-15-31(33)46-23(3)39)35-34(37(41)45-17-16-24-10-8-7-9-11-24)22(2)38-28-18-27(19-29(40)36(28)35)25-12-14-30(42-4)32(20-25)43-5/h7-15,20-21,27,35,38H,6,16-19H2,1-5H3/t27-,35-/m1/s1. The van der Waals surface area contributed by atoms with Gasteiger partial charge in [0.05, 0.1) is 33.0 Å². The van der Waals surface area contributed by atoms with Crippen LogP contribution < -0.4 is 24.3 Å². The van der Waals surface area contributed by atoms with Crippen LogP contribution >= 0.6 is 0 Å². The summed E-state index contributed by atoms with van der Waals surface area (Å²) in [5, 5.41) is 3.40. The summed E-state index contributed by atoms with van der Waals surface area (Å²) in [6.45, 7) is 5.48. The number of esters is 2. The van der Waals surface area contributed by atoms with Crippen molar-refractivity contribution in [2.24, 2.45) is 0 Å². The summed E-state index contributed by atoms with van der Waals surface area (Å²) in [5.41, 5.74) is 4.88. The first-order valence-corrected chi connectivity index (χ1v) is 15.4. The van der Waals surface area contributed by atoms with Crippen LogP contribution in [0.5, 0.6) is 23.0 Å². The second kappa shape index (κ2) is 14.4. The third kappa shape index (κ3) is 6.93. The van der Waals surface area contributed by atoms with E-state index in [-0.39, 0.29) is 30.5 Å². The van der Waals surface area contributed by atoms with E-state index >= 15 is 0 Å². The van der Waals surface area contributed by atoms with Crippen molar-refractivity contribution >= 4 is 17.7 Å². The minimum atomic E-state index is -0.718. The van der Waals surface area contributed by atoms with Crippen LogP contribution in [0.25, 0.3) is 0 Å². The van der Waals surface area contributed by atoms with Crippen LogP contribution in [0.1, 0.15) is 62.1 Å². The van der Waals surface area contributed by atoms with Gasteiger partial charge in [0.25, 0.3) is 0 Å². The second-order valence-corrected chi connectivity index (χ2v) is 11.2. The van der Waals surface area contributed by atoms with Crippen LogP contribution in [0.15, 0.2) is 89.3 Å². The molecule has 0 amide bonds. The zero-order valence-electron chi connectivity index (χ0n) is 26.8. The van der Waals surface area contributed by atoms with Crippen LogP contribution in [-0.2, 0) is 25.5 Å². The molecular weight excluding hydrogens is 586 g/mol. The maximum absolute atomic E-state index is 14.1. The van der Waals surface area contributed by atoms with Gasteiger partial charge in [-0.1, -0.05) is 42.5 Å². The number of ether oxygens (including phenoxy) is 5. The molecule has 1 aliphatic carbocycles. The number of benzene rings is 3. The zero-order chi connectivity index (χ0) is 32.8. The molecule has 0 bridgehead atoms. The SMILES string of the molecule is CCOc1cc([C@@H]2C(C(=O)OCCc3ccccc3)=C(C)NC3=C2C(=O)C[C@H](c2ccc(OC)c(OC)c2)C3)ccc1OC(C)=O. The summed E-state index contributed by atoms with van der Waals surface area (Å²) < 4.78 is 28.0. The predicted molar refractivity (Wildman–Crippen MR) is 172 cm³/mol. The number of carbonyl (C=O) groups is 3. The Hall–Kier alpha value is -5.05. The van der Waals surface area contributed by atoms with E-state index in [1.54, 1.807) is 32.4 Å². The second-order valence-electron chi connectivity index (χ2n) is 11.2. The largest absolute Gasteiger partial charge is 0.493 e. The van der Waals surface area contributed by atoms with Gasteiger partial charge in [0.15, 0.2) is 28.8 Å². The third-order valence-corrected chi connectivity index (χ3v) is 8.25. The number of rotatable bonds is 11. The van der Waals surface area contributed by atoms with Gasteiger partial charge in [-0.2, -0.15) is 0 Å². The van der Waals surface area contributed by atoms with Gasteiger partial charge in [-0.3, -0.25) is 9.59 Å². The Labute approximate surface area is 269 Å². The lowest BCUT2D eigenvalue weighted by atomic mass is 9.71. The topological polar surface area (TPSA) is 109 Å². The highest BCUT2D eigenvalue weighted by Gasteiger charge is 2.42. The molecule has 46 heavy (non-hydrogen) atoms. The minimum absolute atomic E-state index is 0.0809. The monoisotopic (exact) mass is 625 g/mol. The lowest BCUT2D eigenvalue weighted by Gasteiger charge is -2.37. The quantitative estimate of drug-likeness (QED) is 0.198. The van der Waals surface area contributed by atoms with E-state index in [4.69, 9.17) is 23.7 Å². The molecule has 0 saturated heterocycles. The van der Waals surface area contributed by atoms with Gasteiger partial charge in [-0.25, -0.2) is 4.79 Å². The molecule has 5 rings (SSSR count). The van der Waals surface area contributed by atoms with Crippen molar-refractivity contribution in [3.63, 3.8) is 0 Å². The predicted octanol–water partition coefficient (Wildman–Crippen LogP) is 6.18. The van der Waals surface area contributed by atoms with Gasteiger partial charge in [-0.15, -0.1) is 0 Å². The highest BCUT2D eigenvalue weighted by Crippen LogP contribution is 2.47. The number of nitrogens with one attached hydrogen (secondary N) is 1. The lowest BCUT2D eigenvalue weighted by molar-refractivity contribution is -0.139. The normalized spacial score (nSPS) is 17.5. The molecular formula is C37H39NO8. The number of methoxy groups -OCH3 is 2. The maximum atomic E-state index is 14.1. The number of Topliss-reactive ketones (excluding diaryl/α,β-unsaturated/α-hetero) is 1. The van der Waals surface area contributed by atoms with Crippen LogP contribution in [0.3, 0.4) is 0 Å². The number of hydrogen-bond donors (Lipinski definition) is 1. The Morgan fingerprint density at radius 2 is 1.57 bits per heavy atom. The highest BCUT2D eigenvalue weighted by molar-refractivity contribution is 6.04. The molecule has 2 atom stereocenters. The van der Waals surface area contributed by atoms with E-state index in [9.17, 15) is 14.4 Å². The summed E-state index contributed by atoms with van der Waals surface area (Å²) in [5.74, 6) is -0.0919. The smallest absolute Gasteiger partial charge is 0.336 e. The van der Waals surface area contributed by atoms with E-state index in [1.807, 2.05) is 62.4 Å². The van der Waals surface area contributed by atoms with Gasteiger partial charge < -0.3 is 29.0 Å². The maximum Gasteiger partial charge on any atom is 0.336 e. The Bertz CT molecular complexity index is 1690. The fourth-order valence-electron chi connectivity index (χ4n) is 6.18. The average molecular weight is 626 g/mol. The van der Waals surface area contributed by atoms with Crippen LogP contribution in [0.4, 0.5) is 0 Å². The van der Waals surface area contributed by atoms with Gasteiger partial charge in [0, 0.05) is 42.7 Å². The summed E-state index contributed by atoms with van der Waals surface area (Å²) in [6, 6.07) is 20.6. The molecule has 0 aromatic heterocycles. The van der Waals surface area contributed by atoms with Gasteiger partial charge in [0.2, 0.25) is 0 Å². The van der Waals surface area contributed by atoms with E-state index in [1.165, 1.54) is 6.92 Å². The lowest BCUT2D eigenvalue weighted by Crippen LogP contribution is -2.36. The van der Waals surface area contributed by atoms with Crippen LogP contribution in [0, 0.1) is 0 Å². The number of carbonyl (C=O) groups excluding carboxylic acids is 3. The van der Waals surface area contributed by atoms with Gasteiger partial charge in [0.1, 0.15) is 0 Å². The van der Waals surface area contributed by atoms with E-state index in [0.29, 0.717) is 59.1 Å². The fourth-order valence-corrected chi connectivity index (χ4v) is 6.18. The number of hydrogen-bond acceptors (Lipinski definition) is 9. The number of ketones is 1. The van der Waals surface area contributed by atoms with Crippen molar-refractivity contribution in [1.29, 1.82) is 0 Å². The van der Waals surface area contributed by atoms with Crippen molar-refractivity contribution in [2.45, 2.75) is 51.9 Å². The van der Waals surface area contributed by atoms with Crippen molar-refractivity contribution in [2.75, 3.05) is 27.4 Å². The van der Waals surface area contributed by atoms with Crippen molar-refractivity contribution in [1.82, 2.24) is 5.32 Å². The molecule has 1 aliphatic heterocycles. The van der Waals surface area contributed by atoms with Crippen molar-refractivity contribution < 1.29 is 38.1 Å².